The van der Waals surface area contributed by atoms with Gasteiger partial charge in [-0.25, -0.2) is 13.1 Å². The number of hydrogen-bond donors (Lipinski definition) is 1. The van der Waals surface area contributed by atoms with Crippen LogP contribution in [-0.2, 0) is 16.4 Å². The number of rotatable bonds is 6. The van der Waals surface area contributed by atoms with Crippen LogP contribution in [0.3, 0.4) is 0 Å². The standard InChI is InChI=1S/C16H18BrNO2S/c1-13-8-10-15(11-9-13)21(19,20)18-12-4-6-14-5-2-3-7-16(14)17/h2-3,5,7-11,18H,4,6,12H2,1H3. The van der Waals surface area contributed by atoms with E-state index in [1.165, 1.54) is 5.56 Å². The second-order valence-electron chi connectivity index (χ2n) is 4.91. The van der Waals surface area contributed by atoms with Crippen molar-refractivity contribution in [1.29, 1.82) is 0 Å². The summed E-state index contributed by atoms with van der Waals surface area (Å²) >= 11 is 3.49. The highest BCUT2D eigenvalue weighted by Crippen LogP contribution is 2.17. The van der Waals surface area contributed by atoms with E-state index in [4.69, 9.17) is 0 Å². The summed E-state index contributed by atoms with van der Waals surface area (Å²) in [4.78, 5) is 0.314. The zero-order chi connectivity index (χ0) is 15.3. The first kappa shape index (κ1) is 16.2. The summed E-state index contributed by atoms with van der Waals surface area (Å²) < 4.78 is 27.9. The minimum atomic E-state index is -3.40. The van der Waals surface area contributed by atoms with Crippen LogP contribution in [0, 0.1) is 6.92 Å². The van der Waals surface area contributed by atoms with Gasteiger partial charge in [0, 0.05) is 11.0 Å². The molecule has 2 rings (SSSR count). The number of halogens is 1. The number of aryl methyl sites for hydroxylation is 2. The fraction of sp³-hybridized carbons (Fsp3) is 0.250. The van der Waals surface area contributed by atoms with Gasteiger partial charge in [0.05, 0.1) is 4.90 Å². The summed E-state index contributed by atoms with van der Waals surface area (Å²) in [5, 5.41) is 0. The first-order valence-electron chi connectivity index (χ1n) is 6.79. The van der Waals surface area contributed by atoms with Gasteiger partial charge in [-0.3, -0.25) is 0 Å². The normalized spacial score (nSPS) is 11.5. The van der Waals surface area contributed by atoms with Gasteiger partial charge in [0.1, 0.15) is 0 Å². The molecule has 112 valence electrons. The number of benzene rings is 2. The van der Waals surface area contributed by atoms with Crippen LogP contribution in [0.5, 0.6) is 0 Å². The summed E-state index contributed by atoms with van der Waals surface area (Å²) in [6.07, 6.45) is 1.59. The third-order valence-electron chi connectivity index (χ3n) is 3.20. The van der Waals surface area contributed by atoms with Crippen LogP contribution < -0.4 is 4.72 Å². The zero-order valence-corrected chi connectivity index (χ0v) is 14.2. The maximum Gasteiger partial charge on any atom is 0.240 e. The average Bonchev–Trinajstić information content (AvgIpc) is 2.46. The Labute approximate surface area is 134 Å². The summed E-state index contributed by atoms with van der Waals surface area (Å²) in [5.41, 5.74) is 2.23. The van der Waals surface area contributed by atoms with Gasteiger partial charge >= 0.3 is 0 Å². The Morgan fingerprint density at radius 1 is 1.05 bits per heavy atom. The molecule has 0 fully saturated rings. The first-order valence-corrected chi connectivity index (χ1v) is 9.06. The Kier molecular flexibility index (Phi) is 5.56. The van der Waals surface area contributed by atoms with E-state index in [0.717, 1.165) is 22.9 Å². The van der Waals surface area contributed by atoms with E-state index >= 15 is 0 Å². The van der Waals surface area contributed by atoms with Crippen molar-refractivity contribution in [1.82, 2.24) is 4.72 Å². The SMILES string of the molecule is Cc1ccc(S(=O)(=O)NCCCc2ccccc2Br)cc1. The van der Waals surface area contributed by atoms with Gasteiger partial charge in [0.15, 0.2) is 0 Å². The van der Waals surface area contributed by atoms with Crippen molar-refractivity contribution in [3.8, 4) is 0 Å². The Balaban J connectivity index is 1.88. The highest BCUT2D eigenvalue weighted by atomic mass is 79.9. The Hall–Kier alpha value is -1.17. The van der Waals surface area contributed by atoms with E-state index in [-0.39, 0.29) is 0 Å². The van der Waals surface area contributed by atoms with Crippen LogP contribution in [0.4, 0.5) is 0 Å². The van der Waals surface area contributed by atoms with Crippen LogP contribution in [0.25, 0.3) is 0 Å². The molecular weight excluding hydrogens is 350 g/mol. The van der Waals surface area contributed by atoms with E-state index in [9.17, 15) is 8.42 Å². The molecule has 0 spiro atoms. The molecule has 2 aromatic carbocycles. The van der Waals surface area contributed by atoms with E-state index in [1.807, 2.05) is 31.2 Å². The molecule has 0 amide bonds. The fourth-order valence-corrected chi connectivity index (χ4v) is 3.54. The molecule has 3 nitrogen and oxygen atoms in total. The molecular formula is C16H18BrNO2S. The molecule has 0 saturated heterocycles. The molecule has 2 aromatic rings. The van der Waals surface area contributed by atoms with Crippen molar-refractivity contribution in [3.63, 3.8) is 0 Å². The lowest BCUT2D eigenvalue weighted by Gasteiger charge is -2.08. The molecule has 0 aliphatic rings. The maximum absolute atomic E-state index is 12.1. The Morgan fingerprint density at radius 3 is 2.38 bits per heavy atom. The van der Waals surface area contributed by atoms with E-state index in [1.54, 1.807) is 24.3 Å². The zero-order valence-electron chi connectivity index (χ0n) is 11.8. The van der Waals surface area contributed by atoms with Gasteiger partial charge in [-0.2, -0.15) is 0 Å². The second kappa shape index (κ2) is 7.20. The van der Waals surface area contributed by atoms with Crippen molar-refractivity contribution in [2.75, 3.05) is 6.54 Å². The molecule has 0 radical (unpaired) electrons. The molecule has 0 aromatic heterocycles. The van der Waals surface area contributed by atoms with Crippen molar-refractivity contribution >= 4 is 26.0 Å². The minimum absolute atomic E-state index is 0.314. The molecule has 0 bridgehead atoms. The smallest absolute Gasteiger partial charge is 0.211 e. The molecule has 0 saturated carbocycles. The summed E-state index contributed by atoms with van der Waals surface area (Å²) in [6, 6.07) is 14.8. The molecule has 0 aliphatic carbocycles. The van der Waals surface area contributed by atoms with Crippen LogP contribution in [-0.4, -0.2) is 15.0 Å². The van der Waals surface area contributed by atoms with Gasteiger partial charge in [-0.1, -0.05) is 51.8 Å². The van der Waals surface area contributed by atoms with Gasteiger partial charge in [0.25, 0.3) is 0 Å². The average molecular weight is 368 g/mol. The fourth-order valence-electron chi connectivity index (χ4n) is 1.99. The van der Waals surface area contributed by atoms with Gasteiger partial charge < -0.3 is 0 Å². The van der Waals surface area contributed by atoms with Gasteiger partial charge in [-0.15, -0.1) is 0 Å². The van der Waals surface area contributed by atoms with Gasteiger partial charge in [0.2, 0.25) is 10.0 Å². The number of hydrogen-bond acceptors (Lipinski definition) is 2. The lowest BCUT2D eigenvalue weighted by Crippen LogP contribution is -2.25. The van der Waals surface area contributed by atoms with E-state index < -0.39 is 10.0 Å². The minimum Gasteiger partial charge on any atom is -0.211 e. The lowest BCUT2D eigenvalue weighted by atomic mass is 10.1. The first-order chi connectivity index (χ1) is 9.99. The molecule has 0 aliphatic heterocycles. The maximum atomic E-state index is 12.1. The third kappa shape index (κ3) is 4.66. The quantitative estimate of drug-likeness (QED) is 0.791. The topological polar surface area (TPSA) is 46.2 Å². The number of sulfonamides is 1. The van der Waals surface area contributed by atoms with Crippen LogP contribution in [0.1, 0.15) is 17.5 Å². The Bertz CT molecular complexity index is 696. The van der Waals surface area contributed by atoms with E-state index in [2.05, 4.69) is 20.7 Å². The number of nitrogens with one attached hydrogen (secondary N) is 1. The van der Waals surface area contributed by atoms with E-state index in [0.29, 0.717) is 11.4 Å². The van der Waals surface area contributed by atoms with Crippen molar-refractivity contribution < 1.29 is 8.42 Å². The molecule has 1 N–H and O–H groups in total. The van der Waals surface area contributed by atoms with Crippen LogP contribution in [0.15, 0.2) is 57.9 Å². The van der Waals surface area contributed by atoms with Crippen LogP contribution >= 0.6 is 15.9 Å². The summed E-state index contributed by atoms with van der Waals surface area (Å²) in [6.45, 7) is 2.36. The largest absolute Gasteiger partial charge is 0.240 e. The molecule has 0 unspecified atom stereocenters. The third-order valence-corrected chi connectivity index (χ3v) is 5.45. The highest BCUT2D eigenvalue weighted by molar-refractivity contribution is 9.10. The molecule has 0 atom stereocenters. The predicted molar refractivity (Wildman–Crippen MR) is 88.8 cm³/mol. The highest BCUT2D eigenvalue weighted by Gasteiger charge is 2.12. The molecule has 0 heterocycles. The van der Waals surface area contributed by atoms with Crippen molar-refractivity contribution in [2.24, 2.45) is 0 Å². The summed E-state index contributed by atoms with van der Waals surface area (Å²) in [7, 11) is -3.40. The van der Waals surface area contributed by atoms with Crippen molar-refractivity contribution in [2.45, 2.75) is 24.7 Å². The summed E-state index contributed by atoms with van der Waals surface area (Å²) in [5.74, 6) is 0. The van der Waals surface area contributed by atoms with Gasteiger partial charge in [-0.05, 0) is 43.5 Å². The Morgan fingerprint density at radius 2 is 1.71 bits per heavy atom. The van der Waals surface area contributed by atoms with Crippen LogP contribution in [0.2, 0.25) is 0 Å². The molecule has 21 heavy (non-hydrogen) atoms. The molecule has 5 heteroatoms. The lowest BCUT2D eigenvalue weighted by molar-refractivity contribution is 0.579. The second-order valence-corrected chi connectivity index (χ2v) is 7.53. The van der Waals surface area contributed by atoms with Crippen molar-refractivity contribution in [3.05, 3.63) is 64.1 Å². The predicted octanol–water partition coefficient (Wildman–Crippen LogP) is 3.67. The monoisotopic (exact) mass is 367 g/mol.